The van der Waals surface area contributed by atoms with E-state index in [9.17, 15) is 14.0 Å². The highest BCUT2D eigenvalue weighted by atomic mass is 32.1. The Morgan fingerprint density at radius 1 is 1.29 bits per heavy atom. The molecule has 5 nitrogen and oxygen atoms in total. The van der Waals surface area contributed by atoms with Crippen molar-refractivity contribution in [2.45, 2.75) is 26.8 Å². The van der Waals surface area contributed by atoms with Crippen LogP contribution in [-0.2, 0) is 11.3 Å². The lowest BCUT2D eigenvalue weighted by Crippen LogP contribution is -2.46. The van der Waals surface area contributed by atoms with Gasteiger partial charge in [0.15, 0.2) is 0 Å². The zero-order chi connectivity index (χ0) is 17.3. The van der Waals surface area contributed by atoms with Gasteiger partial charge in [-0.1, -0.05) is 18.3 Å². The van der Waals surface area contributed by atoms with E-state index in [2.05, 4.69) is 11.8 Å². The number of halogens is 1. The number of fused-ring (bicyclic) bond motifs is 1. The van der Waals surface area contributed by atoms with E-state index in [1.807, 2.05) is 0 Å². The summed E-state index contributed by atoms with van der Waals surface area (Å²) in [5, 5.41) is 1.74. The smallest absolute Gasteiger partial charge is 0.307 e. The summed E-state index contributed by atoms with van der Waals surface area (Å²) >= 11 is 1.08. The molecule has 0 saturated heterocycles. The fourth-order valence-electron chi connectivity index (χ4n) is 3.02. The molecule has 1 aliphatic heterocycles. The second kappa shape index (κ2) is 6.76. The third kappa shape index (κ3) is 3.08. The van der Waals surface area contributed by atoms with Crippen LogP contribution in [0.5, 0.6) is 0 Å². The van der Waals surface area contributed by atoms with Crippen molar-refractivity contribution in [1.82, 2.24) is 4.57 Å². The zero-order valence-electron chi connectivity index (χ0n) is 13.8. The molecule has 0 radical (unpaired) electrons. The second-order valence-electron chi connectivity index (χ2n) is 5.89. The Morgan fingerprint density at radius 2 is 2.08 bits per heavy atom. The average molecular weight is 349 g/mol. The third-order valence-electron chi connectivity index (χ3n) is 4.23. The monoisotopic (exact) mass is 349 g/mol. The fourth-order valence-corrected chi connectivity index (χ4v) is 3.75. The Bertz CT molecular complexity index is 814. The molecule has 128 valence electrons. The van der Waals surface area contributed by atoms with Crippen molar-refractivity contribution in [3.05, 3.63) is 44.8 Å². The van der Waals surface area contributed by atoms with Crippen LogP contribution in [0.25, 0.3) is 0 Å². The average Bonchev–Trinajstić information content (AvgIpc) is 2.87. The third-order valence-corrected chi connectivity index (χ3v) is 5.11. The van der Waals surface area contributed by atoms with Crippen LogP contribution in [0.4, 0.5) is 15.8 Å². The van der Waals surface area contributed by atoms with Crippen LogP contribution in [0.3, 0.4) is 0 Å². The first-order valence-electron chi connectivity index (χ1n) is 8.01. The number of nitrogens with zero attached hydrogens (tertiary/aromatic N) is 3. The van der Waals surface area contributed by atoms with Gasteiger partial charge in [-0.3, -0.25) is 14.2 Å². The lowest BCUT2D eigenvalue weighted by Gasteiger charge is -2.37. The van der Waals surface area contributed by atoms with Crippen molar-refractivity contribution in [2.75, 3.05) is 29.4 Å². The maximum absolute atomic E-state index is 13.7. The quantitative estimate of drug-likeness (QED) is 0.852. The van der Waals surface area contributed by atoms with E-state index in [-0.39, 0.29) is 23.1 Å². The number of hydrogen-bond acceptors (Lipinski definition) is 4. The van der Waals surface area contributed by atoms with Crippen LogP contribution in [-0.4, -0.2) is 30.1 Å². The molecule has 3 rings (SSSR count). The van der Waals surface area contributed by atoms with Gasteiger partial charge < -0.3 is 9.80 Å². The number of hydrogen-bond donors (Lipinski definition) is 0. The molecule has 0 bridgehead atoms. The van der Waals surface area contributed by atoms with Gasteiger partial charge in [-0.05, 0) is 31.5 Å². The number of anilines is 2. The molecule has 0 fully saturated rings. The molecule has 2 aromatic rings. The van der Waals surface area contributed by atoms with E-state index in [1.54, 1.807) is 23.3 Å². The fraction of sp³-hybridized carbons (Fsp3) is 0.412. The van der Waals surface area contributed by atoms with Gasteiger partial charge in [0.2, 0.25) is 5.91 Å². The predicted molar refractivity (Wildman–Crippen MR) is 94.6 cm³/mol. The van der Waals surface area contributed by atoms with Crippen molar-refractivity contribution in [3.8, 4) is 0 Å². The van der Waals surface area contributed by atoms with Crippen molar-refractivity contribution in [1.29, 1.82) is 0 Å². The van der Waals surface area contributed by atoms with Crippen molar-refractivity contribution >= 4 is 28.6 Å². The number of rotatable bonds is 4. The van der Waals surface area contributed by atoms with Crippen LogP contribution >= 0.6 is 11.3 Å². The van der Waals surface area contributed by atoms with Gasteiger partial charge >= 0.3 is 4.87 Å². The second-order valence-corrected chi connectivity index (χ2v) is 6.72. The summed E-state index contributed by atoms with van der Waals surface area (Å²) in [5.74, 6) is -0.560. The number of aromatic nitrogens is 1. The summed E-state index contributed by atoms with van der Waals surface area (Å²) in [6.07, 6.45) is 0.980. The normalized spacial score (nSPS) is 14.0. The molecule has 7 heteroatoms. The molecule has 0 aliphatic carbocycles. The van der Waals surface area contributed by atoms with Gasteiger partial charge in [0.05, 0.1) is 11.4 Å². The highest BCUT2D eigenvalue weighted by molar-refractivity contribution is 7.07. The number of carbonyl (C=O) groups excluding carboxylic acids is 1. The van der Waals surface area contributed by atoms with Crippen LogP contribution in [0, 0.1) is 12.7 Å². The van der Waals surface area contributed by atoms with Crippen molar-refractivity contribution in [3.63, 3.8) is 0 Å². The summed E-state index contributed by atoms with van der Waals surface area (Å²) in [6, 6.07) is 4.54. The first-order chi connectivity index (χ1) is 11.5. The minimum absolute atomic E-state index is 0.0160. The number of carbonyl (C=O) groups is 1. The highest BCUT2D eigenvalue weighted by Gasteiger charge is 2.27. The molecule has 0 spiro atoms. The van der Waals surface area contributed by atoms with E-state index in [1.165, 1.54) is 16.7 Å². The maximum Gasteiger partial charge on any atom is 0.307 e. The standard InChI is InChI=1S/C17H20FN3O2S/c1-3-6-19-7-8-20(15-9-13(18)4-5-14(15)19)16(22)10-21-12(2)11-24-17(21)23/h4-5,9,11H,3,6-8,10H2,1-2H3. The SMILES string of the molecule is CCCN1CCN(C(=O)Cn2c(C)csc2=O)c2cc(F)ccc21. The molecular weight excluding hydrogens is 329 g/mol. The molecule has 0 atom stereocenters. The van der Waals surface area contributed by atoms with Gasteiger partial charge in [-0.25, -0.2) is 4.39 Å². The molecule has 0 unspecified atom stereocenters. The molecule has 0 N–H and O–H groups in total. The van der Waals surface area contributed by atoms with Gasteiger partial charge in [0.1, 0.15) is 12.4 Å². The molecular formula is C17H20FN3O2S. The number of aryl methyl sites for hydroxylation is 1. The zero-order valence-corrected chi connectivity index (χ0v) is 14.6. The lowest BCUT2D eigenvalue weighted by molar-refractivity contribution is -0.119. The largest absolute Gasteiger partial charge is 0.368 e. The summed E-state index contributed by atoms with van der Waals surface area (Å²) in [6.45, 7) is 5.94. The number of amides is 1. The summed E-state index contributed by atoms with van der Waals surface area (Å²) in [5.41, 5.74) is 2.22. The first-order valence-corrected chi connectivity index (χ1v) is 8.89. The van der Waals surface area contributed by atoms with Crippen LogP contribution in [0.2, 0.25) is 0 Å². The Hall–Kier alpha value is -2.15. The van der Waals surface area contributed by atoms with E-state index >= 15 is 0 Å². The van der Waals surface area contributed by atoms with Crippen LogP contribution in [0.15, 0.2) is 28.4 Å². The van der Waals surface area contributed by atoms with Gasteiger partial charge in [0.25, 0.3) is 0 Å². The summed E-state index contributed by atoms with van der Waals surface area (Å²) in [4.78, 5) is 28.2. The Labute approximate surface area is 143 Å². The van der Waals surface area contributed by atoms with E-state index in [0.717, 1.165) is 35.7 Å². The maximum atomic E-state index is 13.7. The first kappa shape index (κ1) is 16.7. The molecule has 24 heavy (non-hydrogen) atoms. The van der Waals surface area contributed by atoms with Crippen molar-refractivity contribution < 1.29 is 9.18 Å². The Balaban J connectivity index is 1.91. The molecule has 1 amide bonds. The van der Waals surface area contributed by atoms with E-state index in [0.29, 0.717) is 18.8 Å². The summed E-state index contributed by atoms with van der Waals surface area (Å²) in [7, 11) is 0. The predicted octanol–water partition coefficient (Wildman–Crippen LogP) is 2.62. The number of thiazole rings is 1. The number of benzene rings is 1. The van der Waals surface area contributed by atoms with Gasteiger partial charge in [0, 0.05) is 30.7 Å². The molecule has 1 aromatic carbocycles. The lowest BCUT2D eigenvalue weighted by atomic mass is 10.1. The molecule has 1 aromatic heterocycles. The minimum atomic E-state index is -0.367. The summed E-state index contributed by atoms with van der Waals surface area (Å²) < 4.78 is 15.2. The van der Waals surface area contributed by atoms with E-state index < -0.39 is 0 Å². The minimum Gasteiger partial charge on any atom is -0.368 e. The Kier molecular flexibility index (Phi) is 4.71. The molecule has 2 heterocycles. The van der Waals surface area contributed by atoms with Gasteiger partial charge in [-0.15, -0.1) is 0 Å². The van der Waals surface area contributed by atoms with Gasteiger partial charge in [-0.2, -0.15) is 0 Å². The van der Waals surface area contributed by atoms with Crippen LogP contribution in [0.1, 0.15) is 19.0 Å². The topological polar surface area (TPSA) is 45.5 Å². The van der Waals surface area contributed by atoms with E-state index in [4.69, 9.17) is 0 Å². The Morgan fingerprint density at radius 3 is 2.75 bits per heavy atom. The molecule has 0 saturated carbocycles. The van der Waals surface area contributed by atoms with Crippen molar-refractivity contribution in [2.24, 2.45) is 0 Å². The highest BCUT2D eigenvalue weighted by Crippen LogP contribution is 2.34. The van der Waals surface area contributed by atoms with Crippen LogP contribution < -0.4 is 14.7 Å². The molecule has 1 aliphatic rings.